The number of ether oxygens (including phenoxy) is 1. The Bertz CT molecular complexity index is 55.7. The summed E-state index contributed by atoms with van der Waals surface area (Å²) in [6, 6.07) is 0. The van der Waals surface area contributed by atoms with Crippen LogP contribution in [-0.4, -0.2) is 12.7 Å². The topological polar surface area (TPSA) is 9.23 Å². The third-order valence-corrected chi connectivity index (χ3v) is 1.73. The molecular weight excluding hydrogens is 124 g/mol. The summed E-state index contributed by atoms with van der Waals surface area (Å²) in [6.07, 6.45) is 5.72. The largest absolute Gasteiger partial charge is 0.378 e. The molecule has 0 radical (unpaired) electrons. The first kappa shape index (κ1) is 9.96. The average Bonchev–Trinajstić information content (AvgIpc) is 2.10. The summed E-state index contributed by atoms with van der Waals surface area (Å²) in [6.45, 7) is 7.19. The van der Waals surface area contributed by atoms with E-state index in [4.69, 9.17) is 4.74 Å². The Balaban J connectivity index is 0.000000371. The highest BCUT2D eigenvalue weighted by atomic mass is 16.5. The van der Waals surface area contributed by atoms with E-state index in [2.05, 4.69) is 6.92 Å². The van der Waals surface area contributed by atoms with Crippen molar-refractivity contribution in [3.63, 3.8) is 0 Å². The first-order chi connectivity index (χ1) is 4.93. The maximum Gasteiger partial charge on any atom is 0.0572 e. The van der Waals surface area contributed by atoms with E-state index >= 15 is 0 Å². The molecule has 0 saturated carbocycles. The average molecular weight is 144 g/mol. The highest BCUT2D eigenvalue weighted by Crippen LogP contribution is 2.14. The van der Waals surface area contributed by atoms with Gasteiger partial charge < -0.3 is 4.74 Å². The molecule has 10 heavy (non-hydrogen) atoms. The van der Waals surface area contributed by atoms with Crippen LogP contribution in [0.2, 0.25) is 0 Å². The number of rotatable bonds is 1. The molecule has 1 nitrogen and oxygen atoms in total. The molecule has 0 unspecified atom stereocenters. The van der Waals surface area contributed by atoms with E-state index in [1.54, 1.807) is 0 Å². The molecule has 0 aromatic heterocycles. The minimum atomic E-state index is 0.587. The van der Waals surface area contributed by atoms with Crippen molar-refractivity contribution in [2.75, 3.05) is 6.61 Å². The fourth-order valence-corrected chi connectivity index (χ4v) is 1.13. The van der Waals surface area contributed by atoms with Gasteiger partial charge in [-0.3, -0.25) is 0 Å². The zero-order chi connectivity index (χ0) is 7.82. The first-order valence-corrected chi connectivity index (χ1v) is 4.55. The Hall–Kier alpha value is -0.0400. The van der Waals surface area contributed by atoms with Crippen molar-refractivity contribution >= 4 is 0 Å². The lowest BCUT2D eigenvalue weighted by Crippen LogP contribution is -2.17. The first-order valence-electron chi connectivity index (χ1n) is 4.55. The van der Waals surface area contributed by atoms with Crippen molar-refractivity contribution in [2.24, 2.45) is 0 Å². The van der Waals surface area contributed by atoms with Gasteiger partial charge in [-0.2, -0.15) is 0 Å². The molecule has 0 amide bonds. The van der Waals surface area contributed by atoms with Crippen LogP contribution >= 0.6 is 0 Å². The molecule has 1 heteroatoms. The van der Waals surface area contributed by atoms with Gasteiger partial charge in [0.1, 0.15) is 0 Å². The highest BCUT2D eigenvalue weighted by molar-refractivity contribution is 4.60. The predicted molar refractivity (Wildman–Crippen MR) is 45.2 cm³/mol. The smallest absolute Gasteiger partial charge is 0.0572 e. The van der Waals surface area contributed by atoms with E-state index in [-0.39, 0.29) is 0 Å². The minimum Gasteiger partial charge on any atom is -0.378 e. The fourth-order valence-electron chi connectivity index (χ4n) is 1.13. The van der Waals surface area contributed by atoms with Crippen LogP contribution in [0.3, 0.4) is 0 Å². The highest BCUT2D eigenvalue weighted by Gasteiger charge is 2.09. The quantitative estimate of drug-likeness (QED) is 0.549. The zero-order valence-electron chi connectivity index (χ0n) is 7.52. The molecular formula is C9H20O. The van der Waals surface area contributed by atoms with Crippen LogP contribution in [0.4, 0.5) is 0 Å². The maximum absolute atomic E-state index is 5.43. The number of hydrogen-bond acceptors (Lipinski definition) is 1. The molecule has 1 fully saturated rings. The van der Waals surface area contributed by atoms with Gasteiger partial charge in [0.05, 0.1) is 6.10 Å². The van der Waals surface area contributed by atoms with Gasteiger partial charge in [0.15, 0.2) is 0 Å². The Kier molecular flexibility index (Phi) is 7.04. The molecule has 1 aliphatic rings. The maximum atomic E-state index is 5.43. The summed E-state index contributed by atoms with van der Waals surface area (Å²) in [5.74, 6) is 0. The standard InChI is InChI=1S/C7H14O.C2H6/c1-2-7-5-3-4-6-8-7;1-2/h7H,2-6H2,1H3;1-2H3/t7-;/m0./s1. The summed E-state index contributed by atoms with van der Waals surface area (Å²) in [4.78, 5) is 0. The van der Waals surface area contributed by atoms with Crippen LogP contribution in [-0.2, 0) is 4.74 Å². The molecule has 0 bridgehead atoms. The van der Waals surface area contributed by atoms with E-state index in [1.165, 1.54) is 25.7 Å². The lowest BCUT2D eigenvalue weighted by atomic mass is 10.1. The Morgan fingerprint density at radius 3 is 2.30 bits per heavy atom. The Labute approximate surface area is 64.8 Å². The molecule has 1 rings (SSSR count). The summed E-state index contributed by atoms with van der Waals surface area (Å²) in [7, 11) is 0. The van der Waals surface area contributed by atoms with Crippen molar-refractivity contribution in [3.05, 3.63) is 0 Å². The second kappa shape index (κ2) is 7.07. The van der Waals surface area contributed by atoms with Crippen LogP contribution in [0.15, 0.2) is 0 Å². The van der Waals surface area contributed by atoms with Crippen molar-refractivity contribution in [2.45, 2.75) is 52.6 Å². The molecule has 1 atom stereocenters. The SMILES string of the molecule is CC.CC[C@H]1CCCCO1. The monoisotopic (exact) mass is 144 g/mol. The van der Waals surface area contributed by atoms with E-state index in [0.29, 0.717) is 6.10 Å². The number of hydrogen-bond donors (Lipinski definition) is 0. The van der Waals surface area contributed by atoms with Gasteiger partial charge in [0, 0.05) is 6.61 Å². The summed E-state index contributed by atoms with van der Waals surface area (Å²) >= 11 is 0. The van der Waals surface area contributed by atoms with Crippen molar-refractivity contribution in [1.82, 2.24) is 0 Å². The van der Waals surface area contributed by atoms with E-state index in [0.717, 1.165) is 6.61 Å². The van der Waals surface area contributed by atoms with Gasteiger partial charge in [0.25, 0.3) is 0 Å². The Morgan fingerprint density at radius 1 is 1.30 bits per heavy atom. The molecule has 1 saturated heterocycles. The molecule has 0 spiro atoms. The second-order valence-corrected chi connectivity index (χ2v) is 2.40. The van der Waals surface area contributed by atoms with Gasteiger partial charge in [0.2, 0.25) is 0 Å². The van der Waals surface area contributed by atoms with Gasteiger partial charge in [-0.25, -0.2) is 0 Å². The van der Waals surface area contributed by atoms with Crippen molar-refractivity contribution < 1.29 is 4.74 Å². The van der Waals surface area contributed by atoms with E-state index in [9.17, 15) is 0 Å². The third kappa shape index (κ3) is 3.89. The van der Waals surface area contributed by atoms with Crippen LogP contribution in [0.1, 0.15) is 46.5 Å². The molecule has 0 aromatic carbocycles. The van der Waals surface area contributed by atoms with Crippen LogP contribution in [0.5, 0.6) is 0 Å². The fraction of sp³-hybridized carbons (Fsp3) is 1.00. The summed E-state index contributed by atoms with van der Waals surface area (Å²) < 4.78 is 5.43. The minimum absolute atomic E-state index is 0.587. The van der Waals surface area contributed by atoms with Crippen LogP contribution in [0, 0.1) is 0 Å². The summed E-state index contributed by atoms with van der Waals surface area (Å²) in [5, 5.41) is 0. The van der Waals surface area contributed by atoms with Crippen molar-refractivity contribution in [3.8, 4) is 0 Å². The second-order valence-electron chi connectivity index (χ2n) is 2.40. The normalized spacial score (nSPS) is 24.9. The molecule has 1 heterocycles. The predicted octanol–water partition coefficient (Wildman–Crippen LogP) is 2.99. The molecule has 1 aliphatic heterocycles. The van der Waals surface area contributed by atoms with E-state index in [1.807, 2.05) is 13.8 Å². The van der Waals surface area contributed by atoms with Gasteiger partial charge in [-0.1, -0.05) is 20.8 Å². The molecule has 0 N–H and O–H groups in total. The molecule has 62 valence electrons. The lowest BCUT2D eigenvalue weighted by Gasteiger charge is -2.20. The zero-order valence-corrected chi connectivity index (χ0v) is 7.52. The molecule has 0 aromatic rings. The van der Waals surface area contributed by atoms with E-state index < -0.39 is 0 Å². The lowest BCUT2D eigenvalue weighted by molar-refractivity contribution is 0.0143. The summed E-state index contributed by atoms with van der Waals surface area (Å²) in [5.41, 5.74) is 0. The third-order valence-electron chi connectivity index (χ3n) is 1.73. The van der Waals surface area contributed by atoms with Gasteiger partial charge >= 0.3 is 0 Å². The van der Waals surface area contributed by atoms with Gasteiger partial charge in [-0.15, -0.1) is 0 Å². The molecule has 0 aliphatic carbocycles. The van der Waals surface area contributed by atoms with Gasteiger partial charge in [-0.05, 0) is 25.7 Å². The van der Waals surface area contributed by atoms with Crippen LogP contribution < -0.4 is 0 Å². The Morgan fingerprint density at radius 2 is 2.00 bits per heavy atom. The van der Waals surface area contributed by atoms with Crippen molar-refractivity contribution in [1.29, 1.82) is 0 Å². The van der Waals surface area contributed by atoms with Crippen LogP contribution in [0.25, 0.3) is 0 Å².